The molecular weight excluding hydrogens is 330 g/mol. The van der Waals surface area contributed by atoms with Crippen LogP contribution in [0.1, 0.15) is 24.4 Å². The summed E-state index contributed by atoms with van der Waals surface area (Å²) in [6.45, 7) is 1.97. The molecule has 1 aliphatic rings. The number of rotatable bonds is 6. The lowest BCUT2D eigenvalue weighted by Gasteiger charge is -2.08. The molecule has 1 fully saturated rings. The summed E-state index contributed by atoms with van der Waals surface area (Å²) in [5.74, 6) is 1.22. The van der Waals surface area contributed by atoms with Gasteiger partial charge in [-0.15, -0.1) is 5.10 Å². The minimum Gasteiger partial charge on any atom is -0.484 e. The van der Waals surface area contributed by atoms with Crippen molar-refractivity contribution in [1.82, 2.24) is 20.2 Å². The zero-order valence-electron chi connectivity index (χ0n) is 14.4. The molecule has 0 atom stereocenters. The topological polar surface area (TPSA) is 81.9 Å². The molecule has 0 spiro atoms. The van der Waals surface area contributed by atoms with Gasteiger partial charge in [-0.2, -0.15) is 0 Å². The Morgan fingerprint density at radius 2 is 1.88 bits per heavy atom. The van der Waals surface area contributed by atoms with E-state index in [1.807, 2.05) is 60.1 Å². The highest BCUT2D eigenvalue weighted by molar-refractivity contribution is 5.92. The van der Waals surface area contributed by atoms with Gasteiger partial charge >= 0.3 is 0 Å². The van der Waals surface area contributed by atoms with E-state index < -0.39 is 0 Å². The number of carbonyl (C=O) groups is 1. The van der Waals surface area contributed by atoms with E-state index in [0.29, 0.717) is 17.5 Å². The number of ether oxygens (including phenoxy) is 1. The zero-order valence-corrected chi connectivity index (χ0v) is 14.4. The third-order valence-electron chi connectivity index (χ3n) is 4.20. The lowest BCUT2D eigenvalue weighted by atomic mass is 10.2. The second kappa shape index (κ2) is 6.95. The second-order valence-electron chi connectivity index (χ2n) is 6.41. The van der Waals surface area contributed by atoms with E-state index in [1.165, 1.54) is 0 Å². The first-order chi connectivity index (χ1) is 12.7. The molecule has 1 aromatic heterocycles. The van der Waals surface area contributed by atoms with Crippen molar-refractivity contribution in [3.05, 3.63) is 54.1 Å². The van der Waals surface area contributed by atoms with Crippen molar-refractivity contribution in [2.75, 3.05) is 11.9 Å². The van der Waals surface area contributed by atoms with Crippen molar-refractivity contribution in [2.45, 2.75) is 25.8 Å². The van der Waals surface area contributed by atoms with Crippen molar-refractivity contribution in [1.29, 1.82) is 0 Å². The quantitative estimate of drug-likeness (QED) is 0.740. The summed E-state index contributed by atoms with van der Waals surface area (Å²) in [5.41, 5.74) is 2.78. The molecule has 132 valence electrons. The van der Waals surface area contributed by atoms with Crippen molar-refractivity contribution in [2.24, 2.45) is 0 Å². The molecule has 1 aliphatic carbocycles. The fraction of sp³-hybridized carbons (Fsp3) is 0.263. The van der Waals surface area contributed by atoms with Crippen LogP contribution in [0, 0.1) is 6.92 Å². The number of aryl methyl sites for hydroxylation is 1. The first-order valence-electron chi connectivity index (χ1n) is 8.57. The Balaban J connectivity index is 1.35. The monoisotopic (exact) mass is 349 g/mol. The Bertz CT molecular complexity index is 898. The Morgan fingerprint density at radius 3 is 2.58 bits per heavy atom. The number of nitrogens with zero attached hydrogens (tertiary/aromatic N) is 4. The van der Waals surface area contributed by atoms with Gasteiger partial charge in [-0.1, -0.05) is 17.7 Å². The van der Waals surface area contributed by atoms with Gasteiger partial charge < -0.3 is 10.1 Å². The Morgan fingerprint density at radius 1 is 1.15 bits per heavy atom. The molecule has 1 saturated carbocycles. The molecule has 0 saturated heterocycles. The van der Waals surface area contributed by atoms with Crippen LogP contribution in [0.5, 0.6) is 5.75 Å². The fourth-order valence-electron chi connectivity index (χ4n) is 2.63. The number of tetrazole rings is 1. The molecule has 0 bridgehead atoms. The molecule has 1 N–H and O–H groups in total. The SMILES string of the molecule is Cc1ccc(OCC(=O)Nc2ccc(-c3nnnn3C3CC3)cc2)cc1. The van der Waals surface area contributed by atoms with Crippen LogP contribution in [0.25, 0.3) is 11.4 Å². The predicted octanol–water partition coefficient (Wildman–Crippen LogP) is 3.00. The van der Waals surface area contributed by atoms with E-state index >= 15 is 0 Å². The molecule has 0 unspecified atom stereocenters. The van der Waals surface area contributed by atoms with Crippen LogP contribution in [0.4, 0.5) is 5.69 Å². The van der Waals surface area contributed by atoms with Gasteiger partial charge in [0.1, 0.15) is 5.75 Å². The molecule has 0 aliphatic heterocycles. The van der Waals surface area contributed by atoms with Crippen molar-refractivity contribution < 1.29 is 9.53 Å². The van der Waals surface area contributed by atoms with Crippen molar-refractivity contribution in [3.8, 4) is 17.1 Å². The summed E-state index contributed by atoms with van der Waals surface area (Å²) >= 11 is 0. The predicted molar refractivity (Wildman–Crippen MR) is 96.8 cm³/mol. The summed E-state index contributed by atoms with van der Waals surface area (Å²) in [7, 11) is 0. The number of benzene rings is 2. The van der Waals surface area contributed by atoms with Crippen LogP contribution in [-0.2, 0) is 4.79 Å². The van der Waals surface area contributed by atoms with E-state index in [0.717, 1.165) is 29.8 Å². The van der Waals surface area contributed by atoms with E-state index in [2.05, 4.69) is 20.8 Å². The number of carbonyl (C=O) groups excluding carboxylic acids is 1. The summed E-state index contributed by atoms with van der Waals surface area (Å²) in [4.78, 5) is 12.0. The molecule has 26 heavy (non-hydrogen) atoms. The highest BCUT2D eigenvalue weighted by Gasteiger charge is 2.28. The van der Waals surface area contributed by atoms with E-state index in [1.54, 1.807) is 0 Å². The second-order valence-corrected chi connectivity index (χ2v) is 6.41. The number of anilines is 1. The maximum Gasteiger partial charge on any atom is 0.262 e. The van der Waals surface area contributed by atoms with E-state index in [-0.39, 0.29) is 12.5 Å². The van der Waals surface area contributed by atoms with Gasteiger partial charge in [-0.05, 0) is 66.6 Å². The highest BCUT2D eigenvalue weighted by Crippen LogP contribution is 2.36. The van der Waals surface area contributed by atoms with E-state index in [4.69, 9.17) is 4.74 Å². The van der Waals surface area contributed by atoms with Crippen LogP contribution in [-0.4, -0.2) is 32.7 Å². The van der Waals surface area contributed by atoms with Gasteiger partial charge in [-0.3, -0.25) is 4.79 Å². The van der Waals surface area contributed by atoms with Crippen molar-refractivity contribution >= 4 is 11.6 Å². The van der Waals surface area contributed by atoms with Crippen LogP contribution in [0.3, 0.4) is 0 Å². The number of aromatic nitrogens is 4. The summed E-state index contributed by atoms with van der Waals surface area (Å²) in [6, 6.07) is 15.5. The molecule has 3 aromatic rings. The lowest BCUT2D eigenvalue weighted by molar-refractivity contribution is -0.118. The highest BCUT2D eigenvalue weighted by atomic mass is 16.5. The average Bonchev–Trinajstić information content (AvgIpc) is 3.39. The van der Waals surface area contributed by atoms with Gasteiger partial charge in [0, 0.05) is 11.3 Å². The van der Waals surface area contributed by atoms with Gasteiger partial charge in [-0.25, -0.2) is 4.68 Å². The average molecular weight is 349 g/mol. The first kappa shape index (κ1) is 16.3. The number of hydrogen-bond acceptors (Lipinski definition) is 5. The van der Waals surface area contributed by atoms with Crippen molar-refractivity contribution in [3.63, 3.8) is 0 Å². The Kier molecular flexibility index (Phi) is 4.35. The Labute approximate surface area is 151 Å². The van der Waals surface area contributed by atoms with Crippen LogP contribution < -0.4 is 10.1 Å². The maximum absolute atomic E-state index is 12.0. The van der Waals surface area contributed by atoms with E-state index in [9.17, 15) is 4.79 Å². The summed E-state index contributed by atoms with van der Waals surface area (Å²) < 4.78 is 7.35. The number of hydrogen-bond donors (Lipinski definition) is 1. The minimum absolute atomic E-state index is 0.0370. The molecule has 7 nitrogen and oxygen atoms in total. The van der Waals surface area contributed by atoms with Gasteiger partial charge in [0.05, 0.1) is 6.04 Å². The number of nitrogens with one attached hydrogen (secondary N) is 1. The molecule has 4 rings (SSSR count). The first-order valence-corrected chi connectivity index (χ1v) is 8.57. The molecule has 1 amide bonds. The molecule has 2 aromatic carbocycles. The van der Waals surface area contributed by atoms with Crippen LogP contribution >= 0.6 is 0 Å². The summed E-state index contributed by atoms with van der Waals surface area (Å²) in [5, 5.41) is 14.7. The summed E-state index contributed by atoms with van der Waals surface area (Å²) in [6.07, 6.45) is 2.24. The minimum atomic E-state index is -0.207. The van der Waals surface area contributed by atoms with Gasteiger partial charge in [0.2, 0.25) is 0 Å². The standard InChI is InChI=1S/C19H19N5O2/c1-13-2-10-17(11-3-13)26-12-18(25)20-15-6-4-14(5-7-15)19-21-22-23-24(19)16-8-9-16/h2-7,10-11,16H,8-9,12H2,1H3,(H,20,25). The van der Waals surface area contributed by atoms with Crippen LogP contribution in [0.2, 0.25) is 0 Å². The van der Waals surface area contributed by atoms with Gasteiger partial charge in [0.25, 0.3) is 5.91 Å². The fourth-order valence-corrected chi connectivity index (χ4v) is 2.63. The Hall–Kier alpha value is -3.22. The molecule has 1 heterocycles. The molecular formula is C19H19N5O2. The third kappa shape index (κ3) is 3.72. The molecule has 0 radical (unpaired) electrons. The third-order valence-corrected chi connectivity index (χ3v) is 4.20. The smallest absolute Gasteiger partial charge is 0.262 e. The zero-order chi connectivity index (χ0) is 17.9. The number of amides is 1. The molecule has 7 heteroatoms. The maximum atomic E-state index is 12.0. The largest absolute Gasteiger partial charge is 0.484 e. The normalized spacial score (nSPS) is 13.4. The van der Waals surface area contributed by atoms with Gasteiger partial charge in [0.15, 0.2) is 12.4 Å². The van der Waals surface area contributed by atoms with Crippen LogP contribution in [0.15, 0.2) is 48.5 Å². The lowest BCUT2D eigenvalue weighted by Crippen LogP contribution is -2.20.